The SMILES string of the molecule is COc1ccc(CNc2c(C(=O)NCc3cccnc3)cnc3c2c(C)nn3-c2ccccc2)cc1. The Hall–Kier alpha value is -4.72. The standard InChI is InChI=1S/C28H26N6O2/c1-19-25-26(30-16-20-10-12-23(36-2)13-11-20)24(28(35)32-17-21-7-6-14-29-15-21)18-31-27(25)34(33-19)22-8-4-3-5-9-22/h3-15,18H,16-17H2,1-2H3,(H,30,31)(H,32,35). The van der Waals surface area contributed by atoms with E-state index in [0.29, 0.717) is 30.0 Å². The van der Waals surface area contributed by atoms with Crippen LogP contribution in [0.1, 0.15) is 27.2 Å². The van der Waals surface area contributed by atoms with Crippen LogP contribution in [0.2, 0.25) is 0 Å². The van der Waals surface area contributed by atoms with Crippen molar-refractivity contribution in [2.75, 3.05) is 12.4 Å². The number of nitrogens with one attached hydrogen (secondary N) is 2. The number of anilines is 1. The average Bonchev–Trinajstić information content (AvgIpc) is 3.28. The second-order valence-electron chi connectivity index (χ2n) is 8.32. The molecule has 5 aromatic rings. The van der Waals surface area contributed by atoms with Gasteiger partial charge in [0.2, 0.25) is 0 Å². The minimum atomic E-state index is -0.225. The van der Waals surface area contributed by atoms with Gasteiger partial charge in [0.05, 0.1) is 35.1 Å². The Bertz CT molecular complexity index is 1480. The van der Waals surface area contributed by atoms with Gasteiger partial charge >= 0.3 is 0 Å². The van der Waals surface area contributed by atoms with Crippen LogP contribution < -0.4 is 15.4 Å². The molecule has 2 aromatic carbocycles. The minimum absolute atomic E-state index is 0.225. The number of amides is 1. The number of hydrogen-bond donors (Lipinski definition) is 2. The molecule has 180 valence electrons. The Morgan fingerprint density at radius 2 is 1.75 bits per heavy atom. The van der Waals surface area contributed by atoms with Crippen molar-refractivity contribution in [2.24, 2.45) is 0 Å². The normalized spacial score (nSPS) is 10.8. The molecule has 36 heavy (non-hydrogen) atoms. The lowest BCUT2D eigenvalue weighted by molar-refractivity contribution is 0.0951. The second kappa shape index (κ2) is 10.3. The summed E-state index contributed by atoms with van der Waals surface area (Å²) < 4.78 is 7.07. The van der Waals surface area contributed by atoms with Gasteiger partial charge in [-0.25, -0.2) is 9.67 Å². The zero-order chi connectivity index (χ0) is 24.9. The Balaban J connectivity index is 1.53. The number of carbonyl (C=O) groups is 1. The molecule has 0 aliphatic carbocycles. The summed E-state index contributed by atoms with van der Waals surface area (Å²) >= 11 is 0. The molecule has 0 spiro atoms. The number of carbonyl (C=O) groups excluding carboxylic acids is 1. The Morgan fingerprint density at radius 3 is 2.47 bits per heavy atom. The second-order valence-corrected chi connectivity index (χ2v) is 8.32. The first kappa shape index (κ1) is 23.0. The van der Waals surface area contributed by atoms with Gasteiger partial charge in [0, 0.05) is 31.7 Å². The fourth-order valence-corrected chi connectivity index (χ4v) is 4.07. The number of rotatable bonds is 8. The highest BCUT2D eigenvalue weighted by atomic mass is 16.5. The Morgan fingerprint density at radius 1 is 0.944 bits per heavy atom. The molecule has 1 amide bonds. The summed E-state index contributed by atoms with van der Waals surface area (Å²) in [6.07, 6.45) is 5.05. The van der Waals surface area contributed by atoms with E-state index in [9.17, 15) is 4.79 Å². The van der Waals surface area contributed by atoms with E-state index >= 15 is 0 Å². The van der Waals surface area contributed by atoms with E-state index in [4.69, 9.17) is 9.84 Å². The van der Waals surface area contributed by atoms with Crippen molar-refractivity contribution >= 4 is 22.6 Å². The predicted molar refractivity (Wildman–Crippen MR) is 139 cm³/mol. The molecular formula is C28H26N6O2. The number of aryl methyl sites for hydroxylation is 1. The highest BCUT2D eigenvalue weighted by Gasteiger charge is 2.21. The summed E-state index contributed by atoms with van der Waals surface area (Å²) in [6.45, 7) is 2.81. The van der Waals surface area contributed by atoms with Crippen molar-refractivity contribution in [3.05, 3.63) is 108 Å². The highest BCUT2D eigenvalue weighted by Crippen LogP contribution is 2.31. The molecule has 3 aromatic heterocycles. The molecule has 0 radical (unpaired) electrons. The number of ether oxygens (including phenoxy) is 1. The number of benzene rings is 2. The molecule has 0 aliphatic heterocycles. The van der Waals surface area contributed by atoms with Crippen molar-refractivity contribution < 1.29 is 9.53 Å². The molecule has 0 atom stereocenters. The van der Waals surface area contributed by atoms with E-state index in [1.54, 1.807) is 30.4 Å². The van der Waals surface area contributed by atoms with Crippen molar-refractivity contribution in [3.63, 3.8) is 0 Å². The van der Waals surface area contributed by atoms with Crippen LogP contribution in [0.4, 0.5) is 5.69 Å². The van der Waals surface area contributed by atoms with Crippen LogP contribution >= 0.6 is 0 Å². The first-order chi connectivity index (χ1) is 17.6. The molecular weight excluding hydrogens is 452 g/mol. The summed E-state index contributed by atoms with van der Waals surface area (Å²) in [5.41, 5.74) is 5.48. The van der Waals surface area contributed by atoms with E-state index < -0.39 is 0 Å². The van der Waals surface area contributed by atoms with Gasteiger partial charge < -0.3 is 15.4 Å². The summed E-state index contributed by atoms with van der Waals surface area (Å²) in [4.78, 5) is 22.1. The van der Waals surface area contributed by atoms with Crippen LogP contribution in [-0.4, -0.2) is 32.8 Å². The predicted octanol–water partition coefficient (Wildman–Crippen LogP) is 4.67. The van der Waals surface area contributed by atoms with E-state index in [1.165, 1.54) is 0 Å². The number of nitrogens with zero attached hydrogens (tertiary/aromatic N) is 4. The average molecular weight is 479 g/mol. The lowest BCUT2D eigenvalue weighted by Gasteiger charge is -2.14. The summed E-state index contributed by atoms with van der Waals surface area (Å²) in [7, 11) is 1.64. The van der Waals surface area contributed by atoms with Crippen LogP contribution in [-0.2, 0) is 13.1 Å². The molecule has 0 saturated heterocycles. The van der Waals surface area contributed by atoms with Crippen LogP contribution in [0, 0.1) is 6.92 Å². The molecule has 0 unspecified atom stereocenters. The van der Waals surface area contributed by atoms with Gasteiger partial charge in [0.25, 0.3) is 5.91 Å². The summed E-state index contributed by atoms with van der Waals surface area (Å²) in [5, 5.41) is 12.0. The molecule has 8 nitrogen and oxygen atoms in total. The van der Waals surface area contributed by atoms with Crippen molar-refractivity contribution in [3.8, 4) is 11.4 Å². The molecule has 0 saturated carbocycles. The lowest BCUT2D eigenvalue weighted by Crippen LogP contribution is -2.24. The fraction of sp³-hybridized carbons (Fsp3) is 0.143. The Kier molecular flexibility index (Phi) is 6.57. The molecule has 2 N–H and O–H groups in total. The van der Waals surface area contributed by atoms with Gasteiger partial charge in [0.15, 0.2) is 5.65 Å². The van der Waals surface area contributed by atoms with Gasteiger partial charge in [-0.2, -0.15) is 5.10 Å². The number of aromatic nitrogens is 4. The van der Waals surface area contributed by atoms with E-state index in [1.807, 2.05) is 73.7 Å². The van der Waals surface area contributed by atoms with Crippen LogP contribution in [0.25, 0.3) is 16.7 Å². The van der Waals surface area contributed by atoms with Crippen molar-refractivity contribution in [1.29, 1.82) is 0 Å². The number of pyridine rings is 2. The van der Waals surface area contributed by atoms with Gasteiger partial charge in [-0.15, -0.1) is 0 Å². The van der Waals surface area contributed by atoms with E-state index in [0.717, 1.165) is 33.6 Å². The fourth-order valence-electron chi connectivity index (χ4n) is 4.07. The molecule has 5 rings (SSSR count). The van der Waals surface area contributed by atoms with E-state index in [2.05, 4.69) is 20.6 Å². The summed E-state index contributed by atoms with van der Waals surface area (Å²) in [5.74, 6) is 0.567. The van der Waals surface area contributed by atoms with Gasteiger partial charge in [-0.05, 0) is 48.4 Å². The highest BCUT2D eigenvalue weighted by molar-refractivity contribution is 6.07. The first-order valence-corrected chi connectivity index (χ1v) is 11.6. The lowest BCUT2D eigenvalue weighted by atomic mass is 10.1. The van der Waals surface area contributed by atoms with Gasteiger partial charge in [-0.1, -0.05) is 36.4 Å². The summed E-state index contributed by atoms with van der Waals surface area (Å²) in [6, 6.07) is 21.4. The molecule has 0 aliphatic rings. The smallest absolute Gasteiger partial charge is 0.255 e. The quantitative estimate of drug-likeness (QED) is 0.337. The topological polar surface area (TPSA) is 94.0 Å². The maximum atomic E-state index is 13.3. The maximum absolute atomic E-state index is 13.3. The molecule has 8 heteroatoms. The zero-order valence-corrected chi connectivity index (χ0v) is 20.1. The largest absolute Gasteiger partial charge is 0.497 e. The first-order valence-electron chi connectivity index (χ1n) is 11.6. The number of fused-ring (bicyclic) bond motifs is 1. The zero-order valence-electron chi connectivity index (χ0n) is 20.1. The number of hydrogen-bond acceptors (Lipinski definition) is 6. The number of methoxy groups -OCH3 is 1. The monoisotopic (exact) mass is 478 g/mol. The van der Waals surface area contributed by atoms with Crippen LogP contribution in [0.15, 0.2) is 85.3 Å². The van der Waals surface area contributed by atoms with Crippen molar-refractivity contribution in [2.45, 2.75) is 20.0 Å². The number of para-hydroxylation sites is 1. The third kappa shape index (κ3) is 4.74. The molecule has 3 heterocycles. The van der Waals surface area contributed by atoms with Crippen LogP contribution in [0.5, 0.6) is 5.75 Å². The molecule has 0 fully saturated rings. The third-order valence-electron chi connectivity index (χ3n) is 5.92. The Labute approximate surface area is 209 Å². The maximum Gasteiger partial charge on any atom is 0.255 e. The van der Waals surface area contributed by atoms with Gasteiger partial charge in [0.1, 0.15) is 5.75 Å². The minimum Gasteiger partial charge on any atom is -0.497 e. The molecule has 0 bridgehead atoms. The van der Waals surface area contributed by atoms with E-state index in [-0.39, 0.29) is 5.91 Å². The third-order valence-corrected chi connectivity index (χ3v) is 5.92. The van der Waals surface area contributed by atoms with Crippen molar-refractivity contribution in [1.82, 2.24) is 25.1 Å². The van der Waals surface area contributed by atoms with Gasteiger partial charge in [-0.3, -0.25) is 9.78 Å². The van der Waals surface area contributed by atoms with Crippen LogP contribution in [0.3, 0.4) is 0 Å².